The average Bonchev–Trinajstić information content (AvgIpc) is 2.70. The third kappa shape index (κ3) is 2.80. The molecule has 3 nitrogen and oxygen atoms in total. The Bertz CT molecular complexity index is 524. The second-order valence-electron chi connectivity index (χ2n) is 5.01. The number of hydrogen-bond donors (Lipinski definition) is 1. The maximum atomic E-state index is 6.30. The highest BCUT2D eigenvalue weighted by atomic mass is 15.1. The topological polar surface area (TPSA) is 43.8 Å². The summed E-state index contributed by atoms with van der Waals surface area (Å²) in [4.78, 5) is 4.69. The van der Waals surface area contributed by atoms with Crippen LogP contribution in [0.4, 0.5) is 5.82 Å². The molecule has 1 heterocycles. The Morgan fingerprint density at radius 2 is 1.79 bits per heavy atom. The van der Waals surface area contributed by atoms with Crippen molar-refractivity contribution in [2.45, 2.75) is 46.1 Å². The van der Waals surface area contributed by atoms with E-state index in [1.807, 2.05) is 13.0 Å². The summed E-state index contributed by atoms with van der Waals surface area (Å²) in [6.45, 7) is 7.22. The van der Waals surface area contributed by atoms with Gasteiger partial charge < -0.3 is 10.3 Å². The highest BCUT2D eigenvalue weighted by Gasteiger charge is 2.18. The standard InChI is InChI=1S/C16H23N3/c1-4-14(5-2)15-16(17)19(12(3)18-15)11-13-9-7-6-8-10-13/h6-10,14H,4-5,11,17H2,1-3H3. The molecular formula is C16H23N3. The maximum absolute atomic E-state index is 6.30. The molecule has 3 heteroatoms. The van der Waals surface area contributed by atoms with Crippen LogP contribution in [0.2, 0.25) is 0 Å². The van der Waals surface area contributed by atoms with Crippen molar-refractivity contribution < 1.29 is 0 Å². The normalized spacial score (nSPS) is 11.2. The van der Waals surface area contributed by atoms with Gasteiger partial charge in [-0.25, -0.2) is 4.98 Å². The van der Waals surface area contributed by atoms with Crippen molar-refractivity contribution in [1.29, 1.82) is 0 Å². The first-order valence-corrected chi connectivity index (χ1v) is 7.03. The molecule has 0 atom stereocenters. The quantitative estimate of drug-likeness (QED) is 0.887. The van der Waals surface area contributed by atoms with Crippen molar-refractivity contribution in [1.82, 2.24) is 9.55 Å². The van der Waals surface area contributed by atoms with Crippen LogP contribution in [0, 0.1) is 6.92 Å². The lowest BCUT2D eigenvalue weighted by molar-refractivity contribution is 0.627. The second-order valence-corrected chi connectivity index (χ2v) is 5.01. The van der Waals surface area contributed by atoms with Crippen LogP contribution in [-0.4, -0.2) is 9.55 Å². The molecule has 0 saturated heterocycles. The van der Waals surface area contributed by atoms with Gasteiger partial charge in [-0.2, -0.15) is 0 Å². The van der Waals surface area contributed by atoms with E-state index in [9.17, 15) is 0 Å². The Morgan fingerprint density at radius 3 is 2.37 bits per heavy atom. The summed E-state index contributed by atoms with van der Waals surface area (Å²) >= 11 is 0. The van der Waals surface area contributed by atoms with Gasteiger partial charge in [-0.1, -0.05) is 44.2 Å². The van der Waals surface area contributed by atoms with Gasteiger partial charge in [0, 0.05) is 5.92 Å². The molecule has 0 amide bonds. The van der Waals surface area contributed by atoms with E-state index in [1.165, 1.54) is 5.56 Å². The smallest absolute Gasteiger partial charge is 0.127 e. The minimum atomic E-state index is 0.468. The number of imidazole rings is 1. The highest BCUT2D eigenvalue weighted by Crippen LogP contribution is 2.28. The predicted molar refractivity (Wildman–Crippen MR) is 80.2 cm³/mol. The van der Waals surface area contributed by atoms with Gasteiger partial charge in [-0.15, -0.1) is 0 Å². The first-order valence-electron chi connectivity index (χ1n) is 7.03. The number of aromatic nitrogens is 2. The van der Waals surface area contributed by atoms with E-state index in [2.05, 4.69) is 47.7 Å². The number of aryl methyl sites for hydroxylation is 1. The molecular weight excluding hydrogens is 234 g/mol. The molecule has 0 radical (unpaired) electrons. The van der Waals surface area contributed by atoms with Crippen molar-refractivity contribution in [2.75, 3.05) is 5.73 Å². The number of rotatable bonds is 5. The molecule has 2 N–H and O–H groups in total. The molecule has 0 unspecified atom stereocenters. The van der Waals surface area contributed by atoms with Crippen molar-refractivity contribution >= 4 is 5.82 Å². The Labute approximate surface area is 115 Å². The first-order chi connectivity index (χ1) is 9.17. The number of nitrogen functional groups attached to an aromatic ring is 1. The van der Waals surface area contributed by atoms with Crippen molar-refractivity contribution in [3.05, 3.63) is 47.4 Å². The summed E-state index contributed by atoms with van der Waals surface area (Å²) < 4.78 is 2.11. The van der Waals surface area contributed by atoms with Crippen LogP contribution < -0.4 is 5.73 Å². The van der Waals surface area contributed by atoms with Crippen LogP contribution in [0.5, 0.6) is 0 Å². The lowest BCUT2D eigenvalue weighted by atomic mass is 9.99. The molecule has 0 aliphatic rings. The van der Waals surface area contributed by atoms with Gasteiger partial charge >= 0.3 is 0 Å². The molecule has 1 aromatic heterocycles. The van der Waals surface area contributed by atoms with Gasteiger partial charge in [0.25, 0.3) is 0 Å². The minimum absolute atomic E-state index is 0.468. The molecule has 0 bridgehead atoms. The van der Waals surface area contributed by atoms with E-state index < -0.39 is 0 Å². The zero-order chi connectivity index (χ0) is 13.8. The Morgan fingerprint density at radius 1 is 1.16 bits per heavy atom. The zero-order valence-corrected chi connectivity index (χ0v) is 12.1. The van der Waals surface area contributed by atoms with Gasteiger partial charge in [0.2, 0.25) is 0 Å². The maximum Gasteiger partial charge on any atom is 0.127 e. The molecule has 102 valence electrons. The van der Waals surface area contributed by atoms with Gasteiger partial charge in [-0.05, 0) is 25.3 Å². The summed E-state index contributed by atoms with van der Waals surface area (Å²) in [5.74, 6) is 2.30. The van der Waals surface area contributed by atoms with E-state index in [1.54, 1.807) is 0 Å². The Balaban J connectivity index is 2.32. The molecule has 0 spiro atoms. The lowest BCUT2D eigenvalue weighted by Crippen LogP contribution is -2.07. The van der Waals surface area contributed by atoms with Crippen molar-refractivity contribution in [2.24, 2.45) is 0 Å². The minimum Gasteiger partial charge on any atom is -0.384 e. The molecule has 0 aliphatic carbocycles. The third-order valence-corrected chi connectivity index (χ3v) is 3.78. The van der Waals surface area contributed by atoms with E-state index in [0.717, 1.165) is 36.7 Å². The predicted octanol–water partition coefficient (Wildman–Crippen LogP) is 3.73. The van der Waals surface area contributed by atoms with Crippen LogP contribution in [0.3, 0.4) is 0 Å². The third-order valence-electron chi connectivity index (χ3n) is 3.78. The number of anilines is 1. The molecule has 19 heavy (non-hydrogen) atoms. The lowest BCUT2D eigenvalue weighted by Gasteiger charge is -2.12. The zero-order valence-electron chi connectivity index (χ0n) is 12.1. The van der Waals surface area contributed by atoms with Crippen LogP contribution >= 0.6 is 0 Å². The fourth-order valence-corrected chi connectivity index (χ4v) is 2.55. The molecule has 2 aromatic rings. The molecule has 0 fully saturated rings. The number of nitrogens with zero attached hydrogens (tertiary/aromatic N) is 2. The average molecular weight is 257 g/mol. The van der Waals surface area contributed by atoms with Gasteiger partial charge in [0.05, 0.1) is 12.2 Å². The van der Waals surface area contributed by atoms with Gasteiger partial charge in [0.1, 0.15) is 11.6 Å². The number of benzene rings is 1. The Kier molecular flexibility index (Phi) is 4.25. The number of nitrogens with two attached hydrogens (primary N) is 1. The molecule has 1 aromatic carbocycles. The monoisotopic (exact) mass is 257 g/mol. The van der Waals surface area contributed by atoms with Gasteiger partial charge in [0.15, 0.2) is 0 Å². The molecule has 0 saturated carbocycles. The van der Waals surface area contributed by atoms with Crippen LogP contribution in [0.25, 0.3) is 0 Å². The summed E-state index contributed by atoms with van der Waals surface area (Å²) in [7, 11) is 0. The summed E-state index contributed by atoms with van der Waals surface area (Å²) in [6, 6.07) is 10.4. The fourth-order valence-electron chi connectivity index (χ4n) is 2.55. The second kappa shape index (κ2) is 5.91. The molecule has 0 aliphatic heterocycles. The van der Waals surface area contributed by atoms with Gasteiger partial charge in [-0.3, -0.25) is 0 Å². The summed E-state index contributed by atoms with van der Waals surface area (Å²) in [5.41, 5.74) is 8.63. The fraction of sp³-hybridized carbons (Fsp3) is 0.438. The van der Waals surface area contributed by atoms with Crippen LogP contribution in [-0.2, 0) is 6.54 Å². The van der Waals surface area contributed by atoms with Crippen molar-refractivity contribution in [3.8, 4) is 0 Å². The summed E-state index contributed by atoms with van der Waals surface area (Å²) in [6.07, 6.45) is 2.17. The molecule has 2 rings (SSSR count). The number of hydrogen-bond acceptors (Lipinski definition) is 2. The van der Waals surface area contributed by atoms with Crippen LogP contribution in [0.15, 0.2) is 30.3 Å². The van der Waals surface area contributed by atoms with E-state index in [0.29, 0.717) is 5.92 Å². The summed E-state index contributed by atoms with van der Waals surface area (Å²) in [5, 5.41) is 0. The van der Waals surface area contributed by atoms with Crippen molar-refractivity contribution in [3.63, 3.8) is 0 Å². The van der Waals surface area contributed by atoms with E-state index in [4.69, 9.17) is 5.73 Å². The SMILES string of the molecule is CCC(CC)c1nc(C)n(Cc2ccccc2)c1N. The first kappa shape index (κ1) is 13.7. The van der Waals surface area contributed by atoms with E-state index >= 15 is 0 Å². The highest BCUT2D eigenvalue weighted by molar-refractivity contribution is 5.41. The Hall–Kier alpha value is -1.77. The van der Waals surface area contributed by atoms with Crippen LogP contribution in [0.1, 0.15) is 49.7 Å². The van der Waals surface area contributed by atoms with E-state index in [-0.39, 0.29) is 0 Å². The largest absolute Gasteiger partial charge is 0.384 e.